The zero-order chi connectivity index (χ0) is 30.8. The summed E-state index contributed by atoms with van der Waals surface area (Å²) < 4.78 is 21.7. The second-order valence-corrected chi connectivity index (χ2v) is 12.5. The van der Waals surface area contributed by atoms with Crippen LogP contribution < -0.4 is 4.74 Å². The molecule has 2 fully saturated rings. The van der Waals surface area contributed by atoms with E-state index in [1.54, 1.807) is 59.6 Å². The van der Waals surface area contributed by atoms with Gasteiger partial charge in [-0.15, -0.1) is 11.3 Å². The lowest BCUT2D eigenvalue weighted by atomic mass is 10.0. The predicted molar refractivity (Wildman–Crippen MR) is 164 cm³/mol. The fourth-order valence-electron chi connectivity index (χ4n) is 5.54. The minimum absolute atomic E-state index is 0.00206. The van der Waals surface area contributed by atoms with Gasteiger partial charge in [-0.1, -0.05) is 6.07 Å². The SMILES string of the molecule is CN(C(=O)CO)C1CCN(C(=O)c2ccc(-c3cc4nccc(Oc5ccc(CC(=O)CC6CC6)cc5F)c4s3)nc2)CC1. The summed E-state index contributed by atoms with van der Waals surface area (Å²) in [5, 5.41) is 9.11. The molecule has 6 rings (SSSR count). The van der Waals surface area contributed by atoms with Crippen molar-refractivity contribution in [2.75, 3.05) is 26.7 Å². The van der Waals surface area contributed by atoms with Crippen molar-refractivity contribution in [3.8, 4) is 22.1 Å². The zero-order valence-electron chi connectivity index (χ0n) is 24.4. The Morgan fingerprint density at radius 1 is 1.05 bits per heavy atom. The largest absolute Gasteiger partial charge is 0.453 e. The summed E-state index contributed by atoms with van der Waals surface area (Å²) in [6.07, 6.45) is 7.46. The number of ketones is 1. The number of aliphatic hydroxyl groups excluding tert-OH is 1. The van der Waals surface area contributed by atoms with Gasteiger partial charge in [-0.3, -0.25) is 24.4 Å². The number of aromatic nitrogens is 2. The van der Waals surface area contributed by atoms with Crippen LogP contribution in [0.4, 0.5) is 4.39 Å². The van der Waals surface area contributed by atoms with Crippen LogP contribution in [0, 0.1) is 11.7 Å². The number of nitrogens with zero attached hydrogens (tertiary/aromatic N) is 4. The number of likely N-dealkylation sites (N-methyl/N-ethyl adjacent to an activating group) is 1. The minimum atomic E-state index is -0.528. The zero-order valence-corrected chi connectivity index (χ0v) is 25.2. The molecule has 0 radical (unpaired) electrons. The molecule has 1 N–H and O–H groups in total. The number of pyridine rings is 2. The van der Waals surface area contributed by atoms with E-state index in [-0.39, 0.29) is 35.8 Å². The van der Waals surface area contributed by atoms with Gasteiger partial charge in [-0.2, -0.15) is 0 Å². The number of thiophene rings is 1. The number of amides is 2. The molecule has 11 heteroatoms. The van der Waals surface area contributed by atoms with Gasteiger partial charge in [0.25, 0.3) is 5.91 Å². The van der Waals surface area contributed by atoms with Crippen LogP contribution in [-0.2, 0) is 16.0 Å². The first-order valence-electron chi connectivity index (χ1n) is 14.8. The number of hydrogen-bond acceptors (Lipinski definition) is 8. The van der Waals surface area contributed by atoms with Crippen LogP contribution in [0.5, 0.6) is 11.5 Å². The lowest BCUT2D eigenvalue weighted by Crippen LogP contribution is -2.47. The molecule has 1 saturated heterocycles. The van der Waals surface area contributed by atoms with Crippen LogP contribution in [0.3, 0.4) is 0 Å². The molecule has 0 atom stereocenters. The number of carbonyl (C=O) groups excluding carboxylic acids is 3. The second kappa shape index (κ2) is 12.8. The molecule has 44 heavy (non-hydrogen) atoms. The third-order valence-corrected chi connectivity index (χ3v) is 9.46. The Morgan fingerprint density at radius 3 is 2.52 bits per heavy atom. The number of benzene rings is 1. The molecule has 228 valence electrons. The van der Waals surface area contributed by atoms with Gasteiger partial charge in [-0.05, 0) is 67.5 Å². The normalized spacial score (nSPS) is 15.4. The summed E-state index contributed by atoms with van der Waals surface area (Å²) in [6.45, 7) is 0.510. The number of fused-ring (bicyclic) bond motifs is 1. The molecule has 2 aliphatic rings. The summed E-state index contributed by atoms with van der Waals surface area (Å²) in [5.74, 6) is 0.207. The van der Waals surface area contributed by atoms with Gasteiger partial charge in [0, 0.05) is 57.5 Å². The van der Waals surface area contributed by atoms with Gasteiger partial charge in [-0.25, -0.2) is 4.39 Å². The van der Waals surface area contributed by atoms with Crippen LogP contribution in [-0.4, -0.2) is 75.3 Å². The number of ether oxygens (including phenoxy) is 1. The first-order valence-corrected chi connectivity index (χ1v) is 15.6. The topological polar surface area (TPSA) is 113 Å². The molecule has 0 bridgehead atoms. The standard InChI is InChI=1S/C33H33FN4O5S/c1-37(31(41)19-39)23-9-12-38(13-10-23)33(42)22-5-6-26(36-18-22)30-17-27-32(44-30)29(8-11-35-27)43-28-7-4-21(16-25(28)34)15-24(40)14-20-2-3-20/h4-8,11,16-18,20,23,39H,2-3,9-10,12-15,19H2,1H3. The maximum absolute atomic E-state index is 15.0. The van der Waals surface area contributed by atoms with Crippen LogP contribution >= 0.6 is 11.3 Å². The van der Waals surface area contributed by atoms with Gasteiger partial charge in [0.15, 0.2) is 11.6 Å². The Morgan fingerprint density at radius 2 is 1.84 bits per heavy atom. The van der Waals surface area contributed by atoms with E-state index in [4.69, 9.17) is 9.84 Å². The van der Waals surface area contributed by atoms with Crippen molar-refractivity contribution in [1.82, 2.24) is 19.8 Å². The van der Waals surface area contributed by atoms with E-state index in [2.05, 4.69) is 9.97 Å². The van der Waals surface area contributed by atoms with E-state index < -0.39 is 12.4 Å². The van der Waals surface area contributed by atoms with E-state index in [0.717, 1.165) is 22.4 Å². The molecule has 2 amide bonds. The number of likely N-dealkylation sites (tertiary alicyclic amines) is 1. The van der Waals surface area contributed by atoms with Gasteiger partial charge >= 0.3 is 0 Å². The Kier molecular flexibility index (Phi) is 8.67. The average molecular weight is 617 g/mol. The van der Waals surface area contributed by atoms with Crippen molar-refractivity contribution in [3.63, 3.8) is 0 Å². The number of halogens is 1. The third-order valence-electron chi connectivity index (χ3n) is 8.30. The van der Waals surface area contributed by atoms with Crippen molar-refractivity contribution < 1.29 is 28.6 Å². The van der Waals surface area contributed by atoms with E-state index in [0.29, 0.717) is 66.4 Å². The van der Waals surface area contributed by atoms with Crippen LogP contribution in [0.1, 0.15) is 48.0 Å². The smallest absolute Gasteiger partial charge is 0.255 e. The Labute approximate surface area is 258 Å². The highest BCUT2D eigenvalue weighted by atomic mass is 32.1. The number of Topliss-reactive ketones (excluding diaryl/α,β-unsaturated/α-hetero) is 1. The fraction of sp³-hybridized carbons (Fsp3) is 0.364. The van der Waals surface area contributed by atoms with Crippen molar-refractivity contribution in [2.45, 2.75) is 44.6 Å². The number of aliphatic hydroxyl groups is 1. The highest BCUT2D eigenvalue weighted by Gasteiger charge is 2.28. The lowest BCUT2D eigenvalue weighted by Gasteiger charge is -2.36. The van der Waals surface area contributed by atoms with Crippen molar-refractivity contribution in [2.24, 2.45) is 5.92 Å². The van der Waals surface area contributed by atoms with E-state index in [1.807, 2.05) is 6.07 Å². The van der Waals surface area contributed by atoms with Crippen molar-refractivity contribution in [1.29, 1.82) is 0 Å². The molecule has 1 aliphatic heterocycles. The first kappa shape index (κ1) is 29.8. The summed E-state index contributed by atoms with van der Waals surface area (Å²) in [7, 11) is 1.68. The summed E-state index contributed by atoms with van der Waals surface area (Å²) in [5.41, 5.74) is 2.46. The van der Waals surface area contributed by atoms with Gasteiger partial charge in [0.05, 0.1) is 26.4 Å². The molecular weight excluding hydrogens is 583 g/mol. The molecule has 0 spiro atoms. The van der Waals surface area contributed by atoms with E-state index >= 15 is 0 Å². The molecule has 1 aliphatic carbocycles. The molecule has 0 unspecified atom stereocenters. The maximum atomic E-state index is 15.0. The van der Waals surface area contributed by atoms with Crippen LogP contribution in [0.2, 0.25) is 0 Å². The molecule has 4 heterocycles. The molecule has 3 aromatic heterocycles. The Balaban J connectivity index is 1.12. The quantitative estimate of drug-likeness (QED) is 0.259. The number of rotatable bonds is 10. The van der Waals surface area contributed by atoms with E-state index in [1.165, 1.54) is 17.4 Å². The Hall–Kier alpha value is -4.22. The Bertz CT molecular complexity index is 1700. The van der Waals surface area contributed by atoms with E-state index in [9.17, 15) is 18.8 Å². The highest BCUT2D eigenvalue weighted by molar-refractivity contribution is 7.22. The van der Waals surface area contributed by atoms with Crippen LogP contribution in [0.15, 0.2) is 54.9 Å². The number of hydrogen-bond donors (Lipinski definition) is 1. The molecule has 4 aromatic rings. The summed E-state index contributed by atoms with van der Waals surface area (Å²) in [4.78, 5) is 50.2. The minimum Gasteiger partial charge on any atom is -0.453 e. The molecule has 9 nitrogen and oxygen atoms in total. The van der Waals surface area contributed by atoms with Crippen LogP contribution in [0.25, 0.3) is 20.8 Å². The highest BCUT2D eigenvalue weighted by Crippen LogP contribution is 2.39. The summed E-state index contributed by atoms with van der Waals surface area (Å²) >= 11 is 1.41. The fourth-order valence-corrected chi connectivity index (χ4v) is 6.58. The lowest BCUT2D eigenvalue weighted by molar-refractivity contribution is -0.135. The number of carbonyl (C=O) groups is 3. The average Bonchev–Trinajstić information content (AvgIpc) is 3.74. The predicted octanol–water partition coefficient (Wildman–Crippen LogP) is 5.26. The van der Waals surface area contributed by atoms with Gasteiger partial charge < -0.3 is 19.6 Å². The third kappa shape index (κ3) is 6.63. The van der Waals surface area contributed by atoms with Gasteiger partial charge in [0.1, 0.15) is 18.1 Å². The van der Waals surface area contributed by atoms with Gasteiger partial charge in [0.2, 0.25) is 5.91 Å². The second-order valence-electron chi connectivity index (χ2n) is 11.5. The molecule has 1 aromatic carbocycles. The van der Waals surface area contributed by atoms with Crippen molar-refractivity contribution >= 4 is 39.2 Å². The van der Waals surface area contributed by atoms with Crippen molar-refractivity contribution in [3.05, 3.63) is 71.8 Å². The first-order chi connectivity index (χ1) is 21.3. The monoisotopic (exact) mass is 616 g/mol. The summed E-state index contributed by atoms with van der Waals surface area (Å²) in [6, 6.07) is 11.8. The molecule has 1 saturated carbocycles. The molecular formula is C33H33FN4O5S. The maximum Gasteiger partial charge on any atom is 0.255 e. The number of piperidine rings is 1.